The van der Waals surface area contributed by atoms with E-state index in [1.807, 2.05) is 0 Å². The number of ether oxygens (including phenoxy) is 1. The van der Waals surface area contributed by atoms with Crippen molar-refractivity contribution in [2.24, 2.45) is 5.73 Å². The Morgan fingerprint density at radius 1 is 0.906 bits per heavy atom. The van der Waals surface area contributed by atoms with E-state index in [9.17, 15) is 22.8 Å². The van der Waals surface area contributed by atoms with Gasteiger partial charge < -0.3 is 10.5 Å². The lowest BCUT2D eigenvalue weighted by molar-refractivity contribution is -0.137. The topological polar surface area (TPSA) is 117 Å². The molecule has 0 unspecified atom stereocenters. The van der Waals surface area contributed by atoms with Gasteiger partial charge >= 0.3 is 6.18 Å². The number of hydrazine groups is 1. The molecular formula is C22H15F3N4O3. The van der Waals surface area contributed by atoms with Crippen LogP contribution in [0.3, 0.4) is 0 Å². The maximum atomic E-state index is 13.2. The smallest absolute Gasteiger partial charge is 0.418 e. The molecule has 0 aromatic heterocycles. The van der Waals surface area contributed by atoms with E-state index < -0.39 is 29.2 Å². The molecule has 3 aromatic rings. The maximum Gasteiger partial charge on any atom is 0.418 e. The third kappa shape index (κ3) is 5.34. The van der Waals surface area contributed by atoms with Crippen molar-refractivity contribution in [2.45, 2.75) is 6.18 Å². The number of carbonyl (C=O) groups excluding carboxylic acids is 2. The molecule has 10 heteroatoms. The summed E-state index contributed by atoms with van der Waals surface area (Å²) in [6.45, 7) is 0. The highest BCUT2D eigenvalue weighted by Crippen LogP contribution is 2.35. The van der Waals surface area contributed by atoms with Gasteiger partial charge in [0.15, 0.2) is 0 Å². The van der Waals surface area contributed by atoms with Crippen LogP contribution >= 0.6 is 0 Å². The van der Waals surface area contributed by atoms with Gasteiger partial charge in [-0.25, -0.2) is 0 Å². The fourth-order valence-corrected chi connectivity index (χ4v) is 2.65. The first-order valence-corrected chi connectivity index (χ1v) is 9.03. The van der Waals surface area contributed by atoms with E-state index in [1.54, 1.807) is 18.2 Å². The minimum Gasteiger partial charge on any atom is -0.457 e. The van der Waals surface area contributed by atoms with Crippen LogP contribution in [-0.2, 0) is 6.18 Å². The summed E-state index contributed by atoms with van der Waals surface area (Å²) in [6.07, 6.45) is -4.71. The number of benzene rings is 3. The van der Waals surface area contributed by atoms with Crippen molar-refractivity contribution in [3.63, 3.8) is 0 Å². The molecule has 162 valence electrons. The zero-order chi connectivity index (χ0) is 23.3. The first-order valence-electron chi connectivity index (χ1n) is 9.03. The van der Waals surface area contributed by atoms with Crippen molar-refractivity contribution >= 4 is 17.5 Å². The minimum atomic E-state index is -4.71. The number of halogens is 3. The molecule has 3 rings (SSSR count). The lowest BCUT2D eigenvalue weighted by Crippen LogP contribution is -2.30. The van der Waals surface area contributed by atoms with E-state index in [2.05, 4.69) is 10.9 Å². The van der Waals surface area contributed by atoms with E-state index in [0.29, 0.717) is 23.1 Å². The largest absolute Gasteiger partial charge is 0.457 e. The molecule has 0 aliphatic carbocycles. The van der Waals surface area contributed by atoms with Crippen LogP contribution in [0.4, 0.5) is 18.9 Å². The van der Waals surface area contributed by atoms with Gasteiger partial charge in [0.2, 0.25) is 5.91 Å². The molecular weight excluding hydrogens is 425 g/mol. The first-order chi connectivity index (χ1) is 15.2. The summed E-state index contributed by atoms with van der Waals surface area (Å²) >= 11 is 0. The van der Waals surface area contributed by atoms with Gasteiger partial charge in [-0.3, -0.25) is 20.4 Å². The maximum absolute atomic E-state index is 13.2. The number of nitrogens with one attached hydrogen (secondary N) is 2. The molecule has 0 atom stereocenters. The quantitative estimate of drug-likeness (QED) is 0.496. The van der Waals surface area contributed by atoms with Crippen molar-refractivity contribution in [1.82, 2.24) is 5.43 Å². The van der Waals surface area contributed by atoms with Crippen LogP contribution in [0.25, 0.3) is 0 Å². The number of primary amides is 1. The molecule has 0 bridgehead atoms. The zero-order valence-electron chi connectivity index (χ0n) is 16.2. The number of nitriles is 1. The molecule has 32 heavy (non-hydrogen) atoms. The molecule has 2 amide bonds. The van der Waals surface area contributed by atoms with Crippen LogP contribution in [0, 0.1) is 11.3 Å². The van der Waals surface area contributed by atoms with Crippen molar-refractivity contribution in [3.05, 3.63) is 89.0 Å². The zero-order valence-corrected chi connectivity index (χ0v) is 16.2. The average Bonchev–Trinajstić information content (AvgIpc) is 2.77. The van der Waals surface area contributed by atoms with Gasteiger partial charge in [0.25, 0.3) is 5.91 Å². The number of hydrogen-bond donors (Lipinski definition) is 3. The number of nitrogens with zero attached hydrogens (tertiary/aromatic N) is 1. The Bertz CT molecular complexity index is 1190. The Labute approximate surface area is 180 Å². The van der Waals surface area contributed by atoms with Gasteiger partial charge in [-0.15, -0.1) is 0 Å². The van der Waals surface area contributed by atoms with Gasteiger partial charge in [0, 0.05) is 11.1 Å². The number of amides is 2. The van der Waals surface area contributed by atoms with Crippen LogP contribution in [0.15, 0.2) is 66.7 Å². The number of hydrogen-bond acceptors (Lipinski definition) is 5. The Balaban J connectivity index is 1.65. The lowest BCUT2D eigenvalue weighted by atomic mass is 10.1. The standard InChI is InChI=1S/C22H15F3N4O3/c23-22(24,25)18-11-13(12-26)1-10-19(18)28-29-21(31)15-4-8-17(9-5-15)32-16-6-2-14(3-7-16)20(27)30/h1-11,28H,(H2,27,30)(H,29,31). The highest BCUT2D eigenvalue weighted by atomic mass is 19.4. The normalized spacial score (nSPS) is 10.7. The van der Waals surface area contributed by atoms with Crippen molar-refractivity contribution in [1.29, 1.82) is 5.26 Å². The van der Waals surface area contributed by atoms with E-state index in [0.717, 1.165) is 6.07 Å². The highest BCUT2D eigenvalue weighted by molar-refractivity contribution is 5.95. The van der Waals surface area contributed by atoms with Crippen LogP contribution < -0.4 is 21.3 Å². The predicted molar refractivity (Wildman–Crippen MR) is 109 cm³/mol. The molecule has 0 heterocycles. The summed E-state index contributed by atoms with van der Waals surface area (Å²) in [6, 6.07) is 16.6. The third-order valence-corrected chi connectivity index (χ3v) is 4.26. The average molecular weight is 440 g/mol. The SMILES string of the molecule is N#Cc1ccc(NNC(=O)c2ccc(Oc3ccc(C(N)=O)cc3)cc2)c(C(F)(F)F)c1. The number of nitrogens with two attached hydrogens (primary N) is 1. The van der Waals surface area contributed by atoms with Gasteiger partial charge in [-0.05, 0) is 66.7 Å². The summed E-state index contributed by atoms with van der Waals surface area (Å²) in [7, 11) is 0. The van der Waals surface area contributed by atoms with E-state index in [-0.39, 0.29) is 11.1 Å². The summed E-state index contributed by atoms with van der Waals surface area (Å²) in [4.78, 5) is 23.4. The summed E-state index contributed by atoms with van der Waals surface area (Å²) in [5, 5.41) is 8.80. The molecule has 0 spiro atoms. The van der Waals surface area contributed by atoms with E-state index >= 15 is 0 Å². The molecule has 0 saturated heterocycles. The fourth-order valence-electron chi connectivity index (χ4n) is 2.65. The highest BCUT2D eigenvalue weighted by Gasteiger charge is 2.34. The Hall–Kier alpha value is -4.52. The Kier molecular flexibility index (Phi) is 6.30. The Morgan fingerprint density at radius 2 is 1.47 bits per heavy atom. The van der Waals surface area contributed by atoms with Gasteiger partial charge in [0.05, 0.1) is 22.9 Å². The van der Waals surface area contributed by atoms with Crippen molar-refractivity contribution in [3.8, 4) is 17.6 Å². The Morgan fingerprint density at radius 3 is 1.97 bits per heavy atom. The molecule has 0 aliphatic heterocycles. The number of anilines is 1. The fraction of sp³-hybridized carbons (Fsp3) is 0.0455. The second-order valence-corrected chi connectivity index (χ2v) is 6.46. The van der Waals surface area contributed by atoms with Gasteiger partial charge in [-0.2, -0.15) is 18.4 Å². The third-order valence-electron chi connectivity index (χ3n) is 4.26. The second-order valence-electron chi connectivity index (χ2n) is 6.46. The molecule has 7 nitrogen and oxygen atoms in total. The van der Waals surface area contributed by atoms with Gasteiger partial charge in [-0.1, -0.05) is 0 Å². The van der Waals surface area contributed by atoms with Crippen LogP contribution in [0.1, 0.15) is 31.8 Å². The monoisotopic (exact) mass is 440 g/mol. The molecule has 0 saturated carbocycles. The molecule has 0 fully saturated rings. The summed E-state index contributed by atoms with van der Waals surface area (Å²) in [5.41, 5.74) is 8.46. The number of carbonyl (C=O) groups is 2. The van der Waals surface area contributed by atoms with Crippen molar-refractivity contribution < 1.29 is 27.5 Å². The summed E-state index contributed by atoms with van der Waals surface area (Å²) < 4.78 is 45.2. The van der Waals surface area contributed by atoms with Crippen LogP contribution in [0.2, 0.25) is 0 Å². The molecule has 4 N–H and O–H groups in total. The summed E-state index contributed by atoms with van der Waals surface area (Å²) in [5.74, 6) is -0.411. The van der Waals surface area contributed by atoms with E-state index in [1.165, 1.54) is 42.5 Å². The lowest BCUT2D eigenvalue weighted by Gasteiger charge is -2.15. The number of alkyl halides is 3. The molecule has 3 aromatic carbocycles. The number of rotatable bonds is 6. The van der Waals surface area contributed by atoms with Crippen LogP contribution in [0.5, 0.6) is 11.5 Å². The van der Waals surface area contributed by atoms with Crippen LogP contribution in [-0.4, -0.2) is 11.8 Å². The first kappa shape index (κ1) is 22.2. The predicted octanol–water partition coefficient (Wildman–Crippen LogP) is 4.23. The minimum absolute atomic E-state index is 0.158. The van der Waals surface area contributed by atoms with E-state index in [4.69, 9.17) is 15.7 Å². The molecule has 0 radical (unpaired) electrons. The van der Waals surface area contributed by atoms with Gasteiger partial charge in [0.1, 0.15) is 11.5 Å². The van der Waals surface area contributed by atoms with Crippen molar-refractivity contribution in [2.75, 3.05) is 5.43 Å². The molecule has 0 aliphatic rings. The second kappa shape index (κ2) is 9.09.